The molecule has 0 unspecified atom stereocenters. The summed E-state index contributed by atoms with van der Waals surface area (Å²) in [6.07, 6.45) is 0.504. The summed E-state index contributed by atoms with van der Waals surface area (Å²) in [5.74, 6) is 0.789. The van der Waals surface area contributed by atoms with E-state index in [0.717, 1.165) is 5.56 Å². The maximum atomic E-state index is 11.5. The summed E-state index contributed by atoms with van der Waals surface area (Å²) < 4.78 is 5.21. The first-order valence-corrected chi connectivity index (χ1v) is 5.79. The molecule has 0 saturated carbocycles. The number of benzene rings is 1. The highest BCUT2D eigenvalue weighted by atomic mass is 16.5. The molecule has 1 atom stereocenters. The van der Waals surface area contributed by atoms with Crippen LogP contribution in [-0.4, -0.2) is 5.97 Å². The van der Waals surface area contributed by atoms with Gasteiger partial charge in [-0.1, -0.05) is 51.1 Å². The normalized spacial score (nSPS) is 12.5. The second-order valence-electron chi connectivity index (χ2n) is 4.57. The smallest absolute Gasteiger partial charge is 0.306 e. The lowest BCUT2D eigenvalue weighted by molar-refractivity contribution is -0.146. The average molecular weight is 220 g/mol. The number of rotatable bonds is 5. The highest BCUT2D eigenvalue weighted by Gasteiger charge is 2.13. The molecule has 88 valence electrons. The number of esters is 1. The third-order valence-corrected chi connectivity index (χ3v) is 2.87. The molecule has 1 aromatic rings. The minimum Gasteiger partial charge on any atom is -0.461 e. The van der Waals surface area contributed by atoms with E-state index in [1.807, 2.05) is 30.3 Å². The minimum atomic E-state index is -0.106. The van der Waals surface area contributed by atoms with Crippen molar-refractivity contribution in [3.05, 3.63) is 35.9 Å². The molecule has 0 aliphatic carbocycles. The molecular weight excluding hydrogens is 200 g/mol. The summed E-state index contributed by atoms with van der Waals surface area (Å²) in [5, 5.41) is 0. The summed E-state index contributed by atoms with van der Waals surface area (Å²) >= 11 is 0. The van der Waals surface area contributed by atoms with Crippen LogP contribution in [0.2, 0.25) is 0 Å². The molecule has 2 heteroatoms. The van der Waals surface area contributed by atoms with E-state index in [0.29, 0.717) is 24.9 Å². The van der Waals surface area contributed by atoms with E-state index in [4.69, 9.17) is 4.74 Å². The van der Waals surface area contributed by atoms with E-state index >= 15 is 0 Å². The first-order chi connectivity index (χ1) is 7.59. The van der Waals surface area contributed by atoms with Crippen LogP contribution >= 0.6 is 0 Å². The standard InChI is InChI=1S/C14H20O2/c1-11(2)12(3)9-14(15)16-10-13-7-5-4-6-8-13/h4-8,11-12H,9-10H2,1-3H3/t12-/m0/s1. The molecular formula is C14H20O2. The molecule has 1 aromatic carbocycles. The lowest BCUT2D eigenvalue weighted by atomic mass is 9.95. The molecule has 0 heterocycles. The van der Waals surface area contributed by atoms with Crippen LogP contribution in [0.5, 0.6) is 0 Å². The minimum absolute atomic E-state index is 0.106. The van der Waals surface area contributed by atoms with E-state index in [1.54, 1.807) is 0 Å². The van der Waals surface area contributed by atoms with Crippen molar-refractivity contribution in [3.8, 4) is 0 Å². The maximum Gasteiger partial charge on any atom is 0.306 e. The van der Waals surface area contributed by atoms with Gasteiger partial charge < -0.3 is 4.74 Å². The van der Waals surface area contributed by atoms with Gasteiger partial charge in [0.15, 0.2) is 0 Å². The van der Waals surface area contributed by atoms with Gasteiger partial charge in [0.2, 0.25) is 0 Å². The molecule has 0 radical (unpaired) electrons. The summed E-state index contributed by atoms with van der Waals surface area (Å²) in [5.41, 5.74) is 1.04. The predicted octanol–water partition coefficient (Wildman–Crippen LogP) is 3.41. The van der Waals surface area contributed by atoms with Gasteiger partial charge in [-0.25, -0.2) is 0 Å². The van der Waals surface area contributed by atoms with Crippen LogP contribution in [0.3, 0.4) is 0 Å². The zero-order valence-corrected chi connectivity index (χ0v) is 10.3. The third kappa shape index (κ3) is 4.47. The molecule has 0 aliphatic rings. The zero-order chi connectivity index (χ0) is 12.0. The van der Waals surface area contributed by atoms with Crippen LogP contribution in [0.1, 0.15) is 32.8 Å². The van der Waals surface area contributed by atoms with Crippen LogP contribution in [0, 0.1) is 11.8 Å². The van der Waals surface area contributed by atoms with Gasteiger partial charge >= 0.3 is 5.97 Å². The Morgan fingerprint density at radius 1 is 1.19 bits per heavy atom. The molecule has 0 bridgehead atoms. The molecule has 0 amide bonds. The fraction of sp³-hybridized carbons (Fsp3) is 0.500. The zero-order valence-electron chi connectivity index (χ0n) is 10.3. The molecule has 0 aromatic heterocycles. The Bertz CT molecular complexity index is 317. The second-order valence-corrected chi connectivity index (χ2v) is 4.57. The van der Waals surface area contributed by atoms with Gasteiger partial charge in [0.1, 0.15) is 6.61 Å². The van der Waals surface area contributed by atoms with Crippen LogP contribution in [0.4, 0.5) is 0 Å². The number of carbonyl (C=O) groups excluding carboxylic acids is 1. The second kappa shape index (κ2) is 6.31. The Labute approximate surface area is 97.6 Å². The van der Waals surface area contributed by atoms with Crippen molar-refractivity contribution in [3.63, 3.8) is 0 Å². The van der Waals surface area contributed by atoms with Crippen molar-refractivity contribution in [1.82, 2.24) is 0 Å². The molecule has 16 heavy (non-hydrogen) atoms. The molecule has 0 fully saturated rings. The summed E-state index contributed by atoms with van der Waals surface area (Å²) in [7, 11) is 0. The van der Waals surface area contributed by atoms with Crippen LogP contribution in [0.15, 0.2) is 30.3 Å². The Balaban J connectivity index is 2.31. The van der Waals surface area contributed by atoms with Crippen molar-refractivity contribution in [1.29, 1.82) is 0 Å². The molecule has 0 saturated heterocycles. The number of ether oxygens (including phenoxy) is 1. The Morgan fingerprint density at radius 3 is 2.38 bits per heavy atom. The number of hydrogen-bond donors (Lipinski definition) is 0. The van der Waals surface area contributed by atoms with Crippen molar-refractivity contribution in [2.75, 3.05) is 0 Å². The lowest BCUT2D eigenvalue weighted by Crippen LogP contribution is -2.13. The Kier molecular flexibility index (Phi) is 5.03. The fourth-order valence-electron chi connectivity index (χ4n) is 1.30. The van der Waals surface area contributed by atoms with E-state index in [-0.39, 0.29) is 5.97 Å². The van der Waals surface area contributed by atoms with Crippen molar-refractivity contribution in [2.24, 2.45) is 11.8 Å². The Morgan fingerprint density at radius 2 is 1.81 bits per heavy atom. The molecule has 1 rings (SSSR count). The van der Waals surface area contributed by atoms with Crippen molar-refractivity contribution < 1.29 is 9.53 Å². The summed E-state index contributed by atoms with van der Waals surface area (Å²) in [6.45, 7) is 6.70. The largest absolute Gasteiger partial charge is 0.461 e. The monoisotopic (exact) mass is 220 g/mol. The van der Waals surface area contributed by atoms with Gasteiger partial charge in [0, 0.05) is 6.42 Å². The number of hydrogen-bond acceptors (Lipinski definition) is 2. The molecule has 0 N–H and O–H groups in total. The van der Waals surface area contributed by atoms with Gasteiger partial charge in [0.05, 0.1) is 0 Å². The summed E-state index contributed by atoms with van der Waals surface area (Å²) in [4.78, 5) is 11.5. The van der Waals surface area contributed by atoms with E-state index in [1.165, 1.54) is 0 Å². The average Bonchev–Trinajstić information content (AvgIpc) is 2.27. The van der Waals surface area contributed by atoms with Crippen molar-refractivity contribution >= 4 is 5.97 Å². The van der Waals surface area contributed by atoms with Gasteiger partial charge in [-0.3, -0.25) is 4.79 Å². The fourth-order valence-corrected chi connectivity index (χ4v) is 1.30. The van der Waals surface area contributed by atoms with Crippen LogP contribution in [0.25, 0.3) is 0 Å². The van der Waals surface area contributed by atoms with E-state index in [2.05, 4.69) is 20.8 Å². The SMILES string of the molecule is CC(C)[C@@H](C)CC(=O)OCc1ccccc1. The lowest BCUT2D eigenvalue weighted by Gasteiger charge is -2.14. The molecule has 0 aliphatic heterocycles. The predicted molar refractivity (Wildman–Crippen MR) is 64.9 cm³/mol. The van der Waals surface area contributed by atoms with Gasteiger partial charge in [-0.05, 0) is 17.4 Å². The highest BCUT2D eigenvalue weighted by molar-refractivity contribution is 5.69. The van der Waals surface area contributed by atoms with Crippen molar-refractivity contribution in [2.45, 2.75) is 33.8 Å². The van der Waals surface area contributed by atoms with E-state index < -0.39 is 0 Å². The first-order valence-electron chi connectivity index (χ1n) is 5.79. The highest BCUT2D eigenvalue weighted by Crippen LogP contribution is 2.15. The van der Waals surface area contributed by atoms with Gasteiger partial charge in [-0.2, -0.15) is 0 Å². The topological polar surface area (TPSA) is 26.3 Å². The van der Waals surface area contributed by atoms with Crippen LogP contribution < -0.4 is 0 Å². The maximum absolute atomic E-state index is 11.5. The van der Waals surface area contributed by atoms with Gasteiger partial charge in [-0.15, -0.1) is 0 Å². The Hall–Kier alpha value is -1.31. The first kappa shape index (κ1) is 12.8. The van der Waals surface area contributed by atoms with E-state index in [9.17, 15) is 4.79 Å². The molecule has 2 nitrogen and oxygen atoms in total. The van der Waals surface area contributed by atoms with Gasteiger partial charge in [0.25, 0.3) is 0 Å². The third-order valence-electron chi connectivity index (χ3n) is 2.87. The summed E-state index contributed by atoms with van der Waals surface area (Å²) in [6, 6.07) is 9.75. The number of carbonyl (C=O) groups is 1. The molecule has 0 spiro atoms. The van der Waals surface area contributed by atoms with Crippen LogP contribution in [-0.2, 0) is 16.1 Å². The quantitative estimate of drug-likeness (QED) is 0.711.